The zero-order valence-electron chi connectivity index (χ0n) is 13.2. The standard InChI is InChI=1S/C17H14IN3O3S/c1-25(23,24)13-7-5-10(6-8-13)15-14(17(19)21-20-15)16(22)11-3-2-4-12(18)9-11/h2-9H,1H3,(H3,19,20,21). The fraction of sp³-hybridized carbons (Fsp3) is 0.0588. The molecule has 0 aliphatic heterocycles. The van der Waals surface area contributed by atoms with Crippen LogP contribution in [-0.4, -0.2) is 30.7 Å². The van der Waals surface area contributed by atoms with Gasteiger partial charge in [-0.1, -0.05) is 24.3 Å². The molecule has 0 aliphatic carbocycles. The van der Waals surface area contributed by atoms with Crippen LogP contribution in [0.1, 0.15) is 15.9 Å². The molecule has 0 amide bonds. The van der Waals surface area contributed by atoms with Crippen molar-refractivity contribution in [2.45, 2.75) is 4.90 Å². The molecule has 0 fully saturated rings. The van der Waals surface area contributed by atoms with Gasteiger partial charge in [0.1, 0.15) is 0 Å². The Bertz CT molecular complexity index is 1060. The smallest absolute Gasteiger partial charge is 0.199 e. The summed E-state index contributed by atoms with van der Waals surface area (Å²) in [5.74, 6) is -0.141. The first-order valence-corrected chi connectivity index (χ1v) is 10.2. The molecule has 0 saturated carbocycles. The van der Waals surface area contributed by atoms with E-state index < -0.39 is 9.84 Å². The number of benzene rings is 2. The number of nitrogens with one attached hydrogen (secondary N) is 1. The van der Waals surface area contributed by atoms with Gasteiger partial charge in [0.05, 0.1) is 16.2 Å². The van der Waals surface area contributed by atoms with Gasteiger partial charge in [-0.2, -0.15) is 5.10 Å². The molecule has 8 heteroatoms. The maximum absolute atomic E-state index is 12.9. The summed E-state index contributed by atoms with van der Waals surface area (Å²) >= 11 is 2.13. The number of rotatable bonds is 4. The van der Waals surface area contributed by atoms with Gasteiger partial charge in [0.2, 0.25) is 0 Å². The highest BCUT2D eigenvalue weighted by atomic mass is 127. The first-order chi connectivity index (χ1) is 11.8. The van der Waals surface area contributed by atoms with E-state index in [2.05, 4.69) is 32.8 Å². The largest absolute Gasteiger partial charge is 0.382 e. The highest BCUT2D eigenvalue weighted by molar-refractivity contribution is 14.1. The summed E-state index contributed by atoms with van der Waals surface area (Å²) in [5, 5.41) is 6.71. The maximum Gasteiger partial charge on any atom is 0.199 e. The average Bonchev–Trinajstić information content (AvgIpc) is 2.95. The first-order valence-electron chi connectivity index (χ1n) is 7.22. The third-order valence-electron chi connectivity index (χ3n) is 3.68. The van der Waals surface area contributed by atoms with Gasteiger partial charge in [0.15, 0.2) is 21.4 Å². The van der Waals surface area contributed by atoms with E-state index in [0.717, 1.165) is 9.83 Å². The molecule has 128 valence electrons. The normalized spacial score (nSPS) is 11.4. The number of carbonyl (C=O) groups is 1. The van der Waals surface area contributed by atoms with Gasteiger partial charge >= 0.3 is 0 Å². The monoisotopic (exact) mass is 467 g/mol. The second kappa shape index (κ2) is 6.60. The number of aromatic nitrogens is 2. The van der Waals surface area contributed by atoms with E-state index >= 15 is 0 Å². The molecule has 0 radical (unpaired) electrons. The van der Waals surface area contributed by atoms with Crippen molar-refractivity contribution in [1.29, 1.82) is 0 Å². The van der Waals surface area contributed by atoms with Crippen LogP contribution >= 0.6 is 22.6 Å². The Hall–Kier alpha value is -2.20. The number of hydrogen-bond acceptors (Lipinski definition) is 5. The third kappa shape index (κ3) is 3.59. The Morgan fingerprint density at radius 3 is 2.44 bits per heavy atom. The van der Waals surface area contributed by atoms with E-state index in [-0.39, 0.29) is 22.1 Å². The van der Waals surface area contributed by atoms with Crippen LogP contribution in [0.3, 0.4) is 0 Å². The Morgan fingerprint density at radius 2 is 1.84 bits per heavy atom. The molecule has 0 spiro atoms. The number of carbonyl (C=O) groups excluding carboxylic acids is 1. The van der Waals surface area contributed by atoms with Crippen LogP contribution in [0.4, 0.5) is 5.82 Å². The number of sulfone groups is 1. The van der Waals surface area contributed by atoms with Crippen LogP contribution in [-0.2, 0) is 9.84 Å². The van der Waals surface area contributed by atoms with E-state index in [9.17, 15) is 13.2 Å². The molecular weight excluding hydrogens is 453 g/mol. The van der Waals surface area contributed by atoms with Crippen LogP contribution in [0, 0.1) is 3.57 Å². The van der Waals surface area contributed by atoms with Crippen molar-refractivity contribution in [2.24, 2.45) is 0 Å². The second-order valence-electron chi connectivity index (χ2n) is 5.49. The number of nitrogens with zero attached hydrogens (tertiary/aromatic N) is 1. The summed E-state index contributed by atoms with van der Waals surface area (Å²) < 4.78 is 24.1. The SMILES string of the molecule is CS(=O)(=O)c1ccc(-c2[nH]nc(N)c2C(=O)c2cccc(I)c2)cc1. The quantitative estimate of drug-likeness (QED) is 0.454. The number of H-pyrrole nitrogens is 1. The molecule has 3 rings (SSSR count). The molecule has 0 bridgehead atoms. The molecule has 2 aromatic carbocycles. The lowest BCUT2D eigenvalue weighted by Gasteiger charge is -2.06. The summed E-state index contributed by atoms with van der Waals surface area (Å²) in [6, 6.07) is 13.4. The van der Waals surface area contributed by atoms with E-state index in [4.69, 9.17) is 5.73 Å². The Balaban J connectivity index is 2.07. The minimum Gasteiger partial charge on any atom is -0.382 e. The first kappa shape index (κ1) is 17.6. The molecular formula is C17H14IN3O3S. The van der Waals surface area contributed by atoms with Gasteiger partial charge < -0.3 is 5.73 Å². The maximum atomic E-state index is 12.9. The molecule has 1 aromatic heterocycles. The molecule has 0 unspecified atom stereocenters. The van der Waals surface area contributed by atoms with Crippen LogP contribution < -0.4 is 5.73 Å². The third-order valence-corrected chi connectivity index (χ3v) is 5.48. The van der Waals surface area contributed by atoms with Crippen molar-refractivity contribution in [3.63, 3.8) is 0 Å². The van der Waals surface area contributed by atoms with E-state index in [1.165, 1.54) is 12.1 Å². The number of nitrogens with two attached hydrogens (primary N) is 1. The van der Waals surface area contributed by atoms with Gasteiger partial charge in [-0.05, 0) is 46.9 Å². The van der Waals surface area contributed by atoms with Crippen molar-refractivity contribution >= 4 is 44.0 Å². The van der Waals surface area contributed by atoms with Gasteiger partial charge in [0, 0.05) is 21.0 Å². The molecule has 0 atom stereocenters. The lowest BCUT2D eigenvalue weighted by atomic mass is 9.99. The van der Waals surface area contributed by atoms with Crippen molar-refractivity contribution < 1.29 is 13.2 Å². The van der Waals surface area contributed by atoms with Gasteiger partial charge in [0.25, 0.3) is 0 Å². The Morgan fingerprint density at radius 1 is 1.16 bits per heavy atom. The fourth-order valence-electron chi connectivity index (χ4n) is 2.44. The van der Waals surface area contributed by atoms with Crippen molar-refractivity contribution in [2.75, 3.05) is 12.0 Å². The predicted molar refractivity (Wildman–Crippen MR) is 104 cm³/mol. The van der Waals surface area contributed by atoms with E-state index in [0.29, 0.717) is 16.8 Å². The van der Waals surface area contributed by atoms with Crippen molar-refractivity contribution in [1.82, 2.24) is 10.2 Å². The topological polar surface area (TPSA) is 106 Å². The number of ketones is 1. The molecule has 25 heavy (non-hydrogen) atoms. The van der Waals surface area contributed by atoms with Crippen LogP contribution in [0.5, 0.6) is 0 Å². The second-order valence-corrected chi connectivity index (χ2v) is 8.76. The highest BCUT2D eigenvalue weighted by Crippen LogP contribution is 2.28. The zero-order chi connectivity index (χ0) is 18.2. The Labute approximate surface area is 158 Å². The van der Waals surface area contributed by atoms with E-state index in [1.54, 1.807) is 30.3 Å². The minimum absolute atomic E-state index is 0.103. The van der Waals surface area contributed by atoms with Gasteiger partial charge in [-0.15, -0.1) is 0 Å². The molecule has 3 aromatic rings. The van der Waals surface area contributed by atoms with Crippen LogP contribution in [0.2, 0.25) is 0 Å². The van der Waals surface area contributed by atoms with Crippen molar-refractivity contribution in [3.05, 3.63) is 63.2 Å². The highest BCUT2D eigenvalue weighted by Gasteiger charge is 2.21. The summed E-state index contributed by atoms with van der Waals surface area (Å²) in [5.41, 5.74) is 7.76. The van der Waals surface area contributed by atoms with Gasteiger partial charge in [-0.25, -0.2) is 8.42 Å². The van der Waals surface area contributed by atoms with Crippen LogP contribution in [0.25, 0.3) is 11.3 Å². The van der Waals surface area contributed by atoms with E-state index in [1.807, 2.05) is 6.07 Å². The molecule has 3 N–H and O–H groups in total. The van der Waals surface area contributed by atoms with Crippen LogP contribution in [0.15, 0.2) is 53.4 Å². The average molecular weight is 467 g/mol. The lowest BCUT2D eigenvalue weighted by molar-refractivity contribution is 0.104. The number of nitrogen functional groups attached to an aromatic ring is 1. The zero-order valence-corrected chi connectivity index (χ0v) is 16.1. The summed E-state index contributed by atoms with van der Waals surface area (Å²) in [6.07, 6.45) is 1.14. The number of aromatic amines is 1. The summed E-state index contributed by atoms with van der Waals surface area (Å²) in [7, 11) is -3.29. The minimum atomic E-state index is -3.29. The number of hydrogen-bond donors (Lipinski definition) is 2. The number of anilines is 1. The molecule has 1 heterocycles. The fourth-order valence-corrected chi connectivity index (χ4v) is 3.61. The summed E-state index contributed by atoms with van der Waals surface area (Å²) in [6.45, 7) is 0. The Kier molecular flexibility index (Phi) is 4.65. The van der Waals surface area contributed by atoms with Gasteiger partial charge in [-0.3, -0.25) is 9.89 Å². The number of halogens is 1. The molecule has 0 saturated heterocycles. The molecule has 6 nitrogen and oxygen atoms in total. The predicted octanol–water partition coefficient (Wildman–Crippen LogP) is 2.90. The summed E-state index contributed by atoms with van der Waals surface area (Å²) in [4.78, 5) is 13.1. The lowest BCUT2D eigenvalue weighted by Crippen LogP contribution is -2.05. The molecule has 0 aliphatic rings. The van der Waals surface area contributed by atoms with Crippen molar-refractivity contribution in [3.8, 4) is 11.3 Å².